The number of carbonyl (C=O) groups excluding carboxylic acids is 2. The van der Waals surface area contributed by atoms with Crippen LogP contribution in [0.15, 0.2) is 60.7 Å². The molecule has 0 N–H and O–H groups in total. The Morgan fingerprint density at radius 3 is 2.41 bits per heavy atom. The van der Waals surface area contributed by atoms with Crippen molar-refractivity contribution in [1.29, 1.82) is 0 Å². The molecule has 0 aromatic heterocycles. The fourth-order valence-electron chi connectivity index (χ4n) is 2.33. The monoisotopic (exact) mass is 297 g/mol. The van der Waals surface area contributed by atoms with Gasteiger partial charge >= 0.3 is 12.1 Å². The van der Waals surface area contributed by atoms with E-state index in [-0.39, 0.29) is 13.3 Å². The van der Waals surface area contributed by atoms with Crippen LogP contribution in [0.25, 0.3) is 0 Å². The Bertz CT molecular complexity index is 657. The molecule has 1 amide bonds. The fourth-order valence-corrected chi connectivity index (χ4v) is 2.33. The Morgan fingerprint density at radius 2 is 1.73 bits per heavy atom. The Morgan fingerprint density at radius 1 is 1.09 bits per heavy atom. The van der Waals surface area contributed by atoms with Crippen LogP contribution in [0, 0.1) is 0 Å². The zero-order valence-corrected chi connectivity index (χ0v) is 11.8. The maximum atomic E-state index is 12.2. The van der Waals surface area contributed by atoms with Gasteiger partial charge in [-0.05, 0) is 11.1 Å². The lowest BCUT2D eigenvalue weighted by atomic mass is 10.1. The van der Waals surface area contributed by atoms with Gasteiger partial charge in [0, 0.05) is 0 Å². The van der Waals surface area contributed by atoms with E-state index in [1.807, 2.05) is 48.5 Å². The van der Waals surface area contributed by atoms with Crippen molar-refractivity contribution in [3.63, 3.8) is 0 Å². The van der Waals surface area contributed by atoms with E-state index in [4.69, 9.17) is 9.47 Å². The second-order valence-corrected chi connectivity index (χ2v) is 4.92. The molecule has 0 bridgehead atoms. The third kappa shape index (κ3) is 2.93. The molecule has 2 aromatic rings. The van der Waals surface area contributed by atoms with Gasteiger partial charge in [-0.3, -0.25) is 4.90 Å². The van der Waals surface area contributed by atoms with E-state index in [2.05, 4.69) is 0 Å². The summed E-state index contributed by atoms with van der Waals surface area (Å²) in [7, 11) is 0. The van der Waals surface area contributed by atoms with Crippen LogP contribution in [-0.4, -0.2) is 23.7 Å². The molecule has 0 spiro atoms. The molecular formula is C17H15NO4. The van der Waals surface area contributed by atoms with Crippen molar-refractivity contribution in [2.24, 2.45) is 0 Å². The number of rotatable bonds is 3. The van der Waals surface area contributed by atoms with Crippen molar-refractivity contribution in [1.82, 2.24) is 4.90 Å². The summed E-state index contributed by atoms with van der Waals surface area (Å²) < 4.78 is 10.3. The largest absolute Gasteiger partial charge is 0.444 e. The zero-order chi connectivity index (χ0) is 15.4. The molecule has 1 fully saturated rings. The second kappa shape index (κ2) is 6.30. The van der Waals surface area contributed by atoms with E-state index in [1.165, 1.54) is 4.90 Å². The smallest absolute Gasteiger partial charge is 0.413 e. The maximum absolute atomic E-state index is 12.2. The van der Waals surface area contributed by atoms with E-state index in [1.54, 1.807) is 12.1 Å². The van der Waals surface area contributed by atoms with Crippen molar-refractivity contribution in [2.75, 3.05) is 6.73 Å². The number of esters is 1. The van der Waals surface area contributed by atoms with Crippen LogP contribution in [0.5, 0.6) is 0 Å². The van der Waals surface area contributed by atoms with Crippen molar-refractivity contribution < 1.29 is 19.1 Å². The predicted octanol–water partition coefficient (Wildman–Crippen LogP) is 2.88. The van der Waals surface area contributed by atoms with Crippen molar-refractivity contribution >= 4 is 12.1 Å². The molecule has 1 saturated heterocycles. The summed E-state index contributed by atoms with van der Waals surface area (Å²) in [4.78, 5) is 25.4. The molecule has 112 valence electrons. The van der Waals surface area contributed by atoms with Crippen LogP contribution >= 0.6 is 0 Å². The van der Waals surface area contributed by atoms with Crippen molar-refractivity contribution in [3.8, 4) is 0 Å². The first-order valence-corrected chi connectivity index (χ1v) is 6.94. The standard InChI is InChI=1S/C17H15NO4/c19-16-15(14-9-5-2-6-10-14)18(12-22-16)17(20)21-11-13-7-3-1-4-8-13/h1-10,15H,11-12H2. The SMILES string of the molecule is O=C1OCN(C(=O)OCc2ccccc2)C1c1ccccc1. The lowest BCUT2D eigenvalue weighted by molar-refractivity contribution is -0.139. The molecule has 3 rings (SSSR count). The summed E-state index contributed by atoms with van der Waals surface area (Å²) in [5.74, 6) is -0.442. The van der Waals surface area contributed by atoms with Gasteiger partial charge in [0.25, 0.3) is 0 Å². The van der Waals surface area contributed by atoms with Crippen LogP contribution in [0.2, 0.25) is 0 Å². The number of amides is 1. The summed E-state index contributed by atoms with van der Waals surface area (Å²) in [5.41, 5.74) is 1.60. The minimum absolute atomic E-state index is 0.0913. The van der Waals surface area contributed by atoms with Crippen LogP contribution in [-0.2, 0) is 20.9 Å². The fraction of sp³-hybridized carbons (Fsp3) is 0.176. The Labute approximate surface area is 128 Å². The molecule has 5 heteroatoms. The van der Waals surface area contributed by atoms with E-state index < -0.39 is 18.1 Å². The van der Waals surface area contributed by atoms with E-state index in [0.29, 0.717) is 5.56 Å². The molecule has 0 radical (unpaired) electrons. The molecule has 1 unspecified atom stereocenters. The zero-order valence-electron chi connectivity index (χ0n) is 11.8. The highest BCUT2D eigenvalue weighted by atomic mass is 16.6. The number of benzene rings is 2. The number of ether oxygens (including phenoxy) is 2. The maximum Gasteiger partial charge on any atom is 0.413 e. The molecule has 1 aliphatic rings. The highest BCUT2D eigenvalue weighted by molar-refractivity contribution is 5.85. The molecule has 22 heavy (non-hydrogen) atoms. The van der Waals surface area contributed by atoms with Gasteiger partial charge in [-0.1, -0.05) is 60.7 Å². The van der Waals surface area contributed by atoms with E-state index in [9.17, 15) is 9.59 Å². The number of hydrogen-bond donors (Lipinski definition) is 0. The molecule has 2 aromatic carbocycles. The van der Waals surface area contributed by atoms with Crippen LogP contribution in [0.1, 0.15) is 17.2 Å². The van der Waals surface area contributed by atoms with Gasteiger partial charge in [0.2, 0.25) is 0 Å². The van der Waals surface area contributed by atoms with Crippen molar-refractivity contribution in [3.05, 3.63) is 71.8 Å². The van der Waals surface area contributed by atoms with Gasteiger partial charge in [0.05, 0.1) is 0 Å². The third-order valence-electron chi connectivity index (χ3n) is 3.44. The number of hydrogen-bond acceptors (Lipinski definition) is 4. The average molecular weight is 297 g/mol. The number of carbonyl (C=O) groups is 2. The van der Waals surface area contributed by atoms with Crippen molar-refractivity contribution in [2.45, 2.75) is 12.6 Å². The van der Waals surface area contributed by atoms with Gasteiger partial charge in [0.1, 0.15) is 6.61 Å². The summed E-state index contributed by atoms with van der Waals surface area (Å²) in [6.07, 6.45) is -0.566. The van der Waals surface area contributed by atoms with E-state index in [0.717, 1.165) is 5.56 Å². The summed E-state index contributed by atoms with van der Waals surface area (Å²) in [6.45, 7) is 0.0674. The summed E-state index contributed by atoms with van der Waals surface area (Å²) in [6, 6.07) is 17.7. The molecule has 0 aliphatic carbocycles. The quantitative estimate of drug-likeness (QED) is 0.817. The molecule has 5 nitrogen and oxygen atoms in total. The van der Waals surface area contributed by atoms with Gasteiger partial charge in [0.15, 0.2) is 12.8 Å². The molecular weight excluding hydrogens is 282 g/mol. The highest BCUT2D eigenvalue weighted by Crippen LogP contribution is 2.28. The first kappa shape index (κ1) is 14.1. The Hall–Kier alpha value is -2.82. The minimum Gasteiger partial charge on any atom is -0.444 e. The average Bonchev–Trinajstić information content (AvgIpc) is 2.96. The van der Waals surface area contributed by atoms with Crippen LogP contribution in [0.3, 0.4) is 0 Å². The first-order valence-electron chi connectivity index (χ1n) is 6.94. The topological polar surface area (TPSA) is 55.8 Å². The predicted molar refractivity (Wildman–Crippen MR) is 78.6 cm³/mol. The van der Waals surface area contributed by atoms with Gasteiger partial charge in [-0.2, -0.15) is 0 Å². The summed E-state index contributed by atoms with van der Waals surface area (Å²) in [5, 5.41) is 0. The van der Waals surface area contributed by atoms with Gasteiger partial charge in [-0.25, -0.2) is 9.59 Å². The Kier molecular flexibility index (Phi) is 4.05. The Balaban J connectivity index is 1.70. The molecule has 1 heterocycles. The molecule has 1 aliphatic heterocycles. The number of nitrogens with zero attached hydrogens (tertiary/aromatic N) is 1. The molecule has 0 saturated carbocycles. The lowest BCUT2D eigenvalue weighted by Gasteiger charge is -2.19. The van der Waals surface area contributed by atoms with Crippen LogP contribution < -0.4 is 0 Å². The normalized spacial score (nSPS) is 17.2. The minimum atomic E-state index is -0.746. The lowest BCUT2D eigenvalue weighted by Crippen LogP contribution is -2.32. The van der Waals surface area contributed by atoms with Gasteiger partial charge < -0.3 is 9.47 Å². The van der Waals surface area contributed by atoms with Crippen LogP contribution in [0.4, 0.5) is 4.79 Å². The first-order chi connectivity index (χ1) is 10.8. The van der Waals surface area contributed by atoms with E-state index >= 15 is 0 Å². The molecule has 1 atom stereocenters. The third-order valence-corrected chi connectivity index (χ3v) is 3.44. The summed E-state index contributed by atoms with van der Waals surface area (Å²) >= 11 is 0. The van der Waals surface area contributed by atoms with Gasteiger partial charge in [-0.15, -0.1) is 0 Å². The number of cyclic esters (lactones) is 1. The second-order valence-electron chi connectivity index (χ2n) is 4.92. The highest BCUT2D eigenvalue weighted by Gasteiger charge is 2.39.